The van der Waals surface area contributed by atoms with Crippen LogP contribution >= 0.6 is 23.1 Å². The molecule has 0 radical (unpaired) electrons. The van der Waals surface area contributed by atoms with Gasteiger partial charge < -0.3 is 9.73 Å². The average Bonchev–Trinajstić information content (AvgIpc) is 3.37. The Morgan fingerprint density at radius 2 is 1.82 bits per heavy atom. The molecule has 1 N–H and O–H groups in total. The van der Waals surface area contributed by atoms with Crippen LogP contribution in [0.1, 0.15) is 5.89 Å². The molecule has 9 nitrogen and oxygen atoms in total. The third kappa shape index (κ3) is 4.32. The van der Waals surface area contributed by atoms with Crippen molar-refractivity contribution < 1.29 is 9.34 Å². The van der Waals surface area contributed by atoms with Crippen molar-refractivity contribution >= 4 is 39.6 Å². The van der Waals surface area contributed by atoms with Gasteiger partial charge in [0.2, 0.25) is 16.9 Å². The van der Waals surface area contributed by atoms with Gasteiger partial charge in [0.1, 0.15) is 0 Å². The van der Waals surface area contributed by atoms with Gasteiger partial charge in [0, 0.05) is 23.4 Å². The number of nitrogens with zero attached hydrogens (tertiary/aromatic N) is 5. The van der Waals surface area contributed by atoms with E-state index >= 15 is 0 Å². The fourth-order valence-corrected chi connectivity index (χ4v) is 3.85. The predicted octanol–water partition coefficient (Wildman–Crippen LogP) is 4.53. The van der Waals surface area contributed by atoms with E-state index in [9.17, 15) is 10.1 Å². The van der Waals surface area contributed by atoms with Gasteiger partial charge in [0.15, 0.2) is 4.34 Å². The first-order valence-electron chi connectivity index (χ1n) is 8.03. The molecule has 0 aliphatic carbocycles. The fraction of sp³-hybridized carbons (Fsp3) is 0.0588. The zero-order chi connectivity index (χ0) is 19.3. The molecule has 2 aromatic carbocycles. The monoisotopic (exact) mass is 412 g/mol. The molecule has 0 saturated carbocycles. The second-order valence-corrected chi connectivity index (χ2v) is 7.66. The summed E-state index contributed by atoms with van der Waals surface area (Å²) in [6.45, 7) is 0. The van der Waals surface area contributed by atoms with Crippen LogP contribution in [0.2, 0.25) is 0 Å². The highest BCUT2D eigenvalue weighted by Crippen LogP contribution is 2.30. The number of hydrogen-bond acceptors (Lipinski definition) is 10. The van der Waals surface area contributed by atoms with Gasteiger partial charge in [-0.15, -0.1) is 20.4 Å². The lowest BCUT2D eigenvalue weighted by Gasteiger charge is -1.99. The average molecular weight is 412 g/mol. The number of thioether (sulfide) groups is 1. The SMILES string of the molecule is O=[N+]([O-])c1ccc(-c2nnc(CSc3nnc(Nc4ccccc4)s3)o2)cc1. The topological polar surface area (TPSA) is 120 Å². The molecule has 2 aromatic heterocycles. The lowest BCUT2D eigenvalue weighted by molar-refractivity contribution is -0.384. The van der Waals surface area contributed by atoms with E-state index in [2.05, 4.69) is 25.7 Å². The minimum absolute atomic E-state index is 0.00947. The standard InChI is InChI=1S/C17H12N6O3S2/c24-23(25)13-8-6-11(7-9-13)15-20-19-14(26-15)10-27-17-22-21-16(28-17)18-12-4-2-1-3-5-12/h1-9H,10H2,(H,18,21). The molecule has 11 heteroatoms. The smallest absolute Gasteiger partial charge is 0.269 e. The molecular formula is C17H12N6O3S2. The van der Waals surface area contributed by atoms with Crippen LogP contribution in [-0.2, 0) is 5.75 Å². The Morgan fingerprint density at radius 1 is 1.04 bits per heavy atom. The Kier molecular flexibility index (Phi) is 5.26. The van der Waals surface area contributed by atoms with Crippen LogP contribution in [0, 0.1) is 10.1 Å². The van der Waals surface area contributed by atoms with Gasteiger partial charge in [-0.1, -0.05) is 41.3 Å². The van der Waals surface area contributed by atoms with Crippen LogP contribution in [0.15, 0.2) is 63.4 Å². The van der Waals surface area contributed by atoms with Crippen LogP contribution in [-0.4, -0.2) is 25.3 Å². The lowest BCUT2D eigenvalue weighted by atomic mass is 10.2. The molecule has 4 aromatic rings. The highest BCUT2D eigenvalue weighted by Gasteiger charge is 2.13. The molecule has 4 rings (SSSR count). The number of non-ortho nitro benzene ring substituents is 1. The number of anilines is 2. The van der Waals surface area contributed by atoms with Crippen molar-refractivity contribution in [2.24, 2.45) is 0 Å². The van der Waals surface area contributed by atoms with Gasteiger partial charge >= 0.3 is 0 Å². The number of nitro benzene ring substituents is 1. The number of aromatic nitrogens is 4. The first kappa shape index (κ1) is 18.1. The van der Waals surface area contributed by atoms with Crippen molar-refractivity contribution in [2.75, 3.05) is 5.32 Å². The molecule has 0 spiro atoms. The van der Waals surface area contributed by atoms with Crippen molar-refractivity contribution in [3.8, 4) is 11.5 Å². The molecule has 2 heterocycles. The summed E-state index contributed by atoms with van der Waals surface area (Å²) in [4.78, 5) is 10.3. The summed E-state index contributed by atoms with van der Waals surface area (Å²) in [6.07, 6.45) is 0. The summed E-state index contributed by atoms with van der Waals surface area (Å²) in [5.74, 6) is 1.19. The van der Waals surface area contributed by atoms with Crippen LogP contribution in [0.5, 0.6) is 0 Å². The second kappa shape index (κ2) is 8.15. The van der Waals surface area contributed by atoms with E-state index in [0.717, 1.165) is 10.0 Å². The lowest BCUT2D eigenvalue weighted by Crippen LogP contribution is -1.87. The molecule has 0 fully saturated rings. The van der Waals surface area contributed by atoms with Gasteiger partial charge in [0.05, 0.1) is 10.7 Å². The van der Waals surface area contributed by atoms with Crippen molar-refractivity contribution in [1.29, 1.82) is 0 Å². The highest BCUT2D eigenvalue weighted by atomic mass is 32.2. The van der Waals surface area contributed by atoms with E-state index in [4.69, 9.17) is 4.42 Å². The summed E-state index contributed by atoms with van der Waals surface area (Å²) < 4.78 is 6.39. The van der Waals surface area contributed by atoms with E-state index in [1.54, 1.807) is 12.1 Å². The van der Waals surface area contributed by atoms with Crippen LogP contribution < -0.4 is 5.32 Å². The molecule has 0 bridgehead atoms. The normalized spacial score (nSPS) is 10.7. The van der Waals surface area contributed by atoms with E-state index in [-0.39, 0.29) is 5.69 Å². The van der Waals surface area contributed by atoms with Crippen molar-refractivity contribution in [3.05, 3.63) is 70.6 Å². The second-order valence-electron chi connectivity index (χ2n) is 5.46. The zero-order valence-corrected chi connectivity index (χ0v) is 15.8. The maximum Gasteiger partial charge on any atom is 0.269 e. The van der Waals surface area contributed by atoms with Crippen molar-refractivity contribution in [3.63, 3.8) is 0 Å². The molecule has 0 unspecified atom stereocenters. The summed E-state index contributed by atoms with van der Waals surface area (Å²) in [5.41, 5.74) is 1.58. The maximum atomic E-state index is 10.7. The Balaban J connectivity index is 1.36. The van der Waals surface area contributed by atoms with Crippen molar-refractivity contribution in [1.82, 2.24) is 20.4 Å². The largest absolute Gasteiger partial charge is 0.420 e. The third-order valence-corrected chi connectivity index (χ3v) is 5.50. The first-order valence-corrected chi connectivity index (χ1v) is 9.83. The minimum atomic E-state index is -0.456. The predicted molar refractivity (Wildman–Crippen MR) is 106 cm³/mol. The molecule has 0 aliphatic heterocycles. The summed E-state index contributed by atoms with van der Waals surface area (Å²) >= 11 is 2.87. The summed E-state index contributed by atoms with van der Waals surface area (Å²) in [5, 5.41) is 30.9. The fourth-order valence-electron chi connectivity index (χ4n) is 2.24. The Labute approximate surface area is 167 Å². The van der Waals surface area contributed by atoms with Crippen LogP contribution in [0.3, 0.4) is 0 Å². The van der Waals surface area contributed by atoms with E-state index in [1.165, 1.54) is 35.2 Å². The number of rotatable bonds is 7. The molecule has 0 atom stereocenters. The first-order chi connectivity index (χ1) is 13.7. The van der Waals surface area contributed by atoms with Gasteiger partial charge in [0.25, 0.3) is 5.69 Å². The van der Waals surface area contributed by atoms with E-state index in [1.807, 2.05) is 30.3 Å². The van der Waals surface area contributed by atoms with Gasteiger partial charge in [-0.2, -0.15) is 0 Å². The van der Waals surface area contributed by atoms with Crippen molar-refractivity contribution in [2.45, 2.75) is 10.1 Å². The van der Waals surface area contributed by atoms with Gasteiger partial charge in [-0.25, -0.2) is 0 Å². The highest BCUT2D eigenvalue weighted by molar-refractivity contribution is 8.00. The minimum Gasteiger partial charge on any atom is -0.420 e. The van der Waals surface area contributed by atoms with E-state index in [0.29, 0.717) is 28.2 Å². The number of nitro groups is 1. The number of hydrogen-bond donors (Lipinski definition) is 1. The van der Waals surface area contributed by atoms with Crippen LogP contribution in [0.25, 0.3) is 11.5 Å². The van der Waals surface area contributed by atoms with Crippen LogP contribution in [0.4, 0.5) is 16.5 Å². The van der Waals surface area contributed by atoms with Gasteiger partial charge in [-0.3, -0.25) is 10.1 Å². The molecule has 0 amide bonds. The Bertz CT molecular complexity index is 1080. The molecule has 28 heavy (non-hydrogen) atoms. The zero-order valence-electron chi connectivity index (χ0n) is 14.2. The Hall–Kier alpha value is -3.31. The van der Waals surface area contributed by atoms with E-state index < -0.39 is 4.92 Å². The summed E-state index contributed by atoms with van der Waals surface area (Å²) in [6, 6.07) is 15.7. The Morgan fingerprint density at radius 3 is 2.57 bits per heavy atom. The molecule has 0 saturated heterocycles. The number of benzene rings is 2. The molecule has 140 valence electrons. The van der Waals surface area contributed by atoms with Gasteiger partial charge in [-0.05, 0) is 24.3 Å². The number of para-hydroxylation sites is 1. The number of nitrogens with one attached hydrogen (secondary N) is 1. The maximum absolute atomic E-state index is 10.7. The third-order valence-electron chi connectivity index (χ3n) is 3.54. The summed E-state index contributed by atoms with van der Waals surface area (Å²) in [7, 11) is 0. The molecular weight excluding hydrogens is 400 g/mol. The quantitative estimate of drug-likeness (QED) is 0.265. The molecule has 0 aliphatic rings.